The Morgan fingerprint density at radius 1 is 1.31 bits per heavy atom. The highest BCUT2D eigenvalue weighted by Gasteiger charge is 2.18. The molecule has 152 valence electrons. The molecule has 3 aromatic rings. The van der Waals surface area contributed by atoms with Gasteiger partial charge < -0.3 is 15.6 Å². The zero-order valence-electron chi connectivity index (χ0n) is 14.6. The van der Waals surface area contributed by atoms with Gasteiger partial charge in [0.2, 0.25) is 0 Å². The molecule has 29 heavy (non-hydrogen) atoms. The molecule has 11 heteroatoms. The van der Waals surface area contributed by atoms with Gasteiger partial charge in [-0.1, -0.05) is 0 Å². The Morgan fingerprint density at radius 3 is 2.79 bits per heavy atom. The van der Waals surface area contributed by atoms with Crippen molar-refractivity contribution in [2.45, 2.75) is 6.61 Å². The number of aromatic nitrogens is 1. The van der Waals surface area contributed by atoms with Crippen LogP contribution in [0.2, 0.25) is 0 Å². The van der Waals surface area contributed by atoms with Crippen molar-refractivity contribution in [2.75, 3.05) is 0 Å². The number of fused-ring (bicyclic) bond motifs is 1. The van der Waals surface area contributed by atoms with E-state index in [2.05, 4.69) is 48.0 Å². The molecule has 2 aromatic carbocycles. The van der Waals surface area contributed by atoms with Crippen molar-refractivity contribution >= 4 is 81.6 Å². The molecule has 3 rings (SSSR count). The molecule has 0 aliphatic rings. The minimum atomic E-state index is -0.628. The van der Waals surface area contributed by atoms with Crippen molar-refractivity contribution in [3.8, 4) is 11.5 Å². The maximum absolute atomic E-state index is 14.8. The summed E-state index contributed by atoms with van der Waals surface area (Å²) in [4.78, 5) is 0. The van der Waals surface area contributed by atoms with Crippen LogP contribution in [-0.2, 0) is 6.61 Å². The molecule has 1 aromatic heterocycles. The fraction of sp³-hybridized carbons (Fsp3) is 0.0556. The smallest absolute Gasteiger partial charge is 0.169 e. The van der Waals surface area contributed by atoms with Gasteiger partial charge >= 0.3 is 0 Å². The third-order valence-electron chi connectivity index (χ3n) is 4.05. The molecule has 0 aliphatic heterocycles. The van der Waals surface area contributed by atoms with E-state index in [4.69, 9.17) is 10.5 Å². The number of allylic oxidation sites excluding steroid dienone is 1. The Hall–Kier alpha value is -0.950. The van der Waals surface area contributed by atoms with Gasteiger partial charge in [-0.15, -0.1) is 0 Å². The van der Waals surface area contributed by atoms with Gasteiger partial charge in [-0.3, -0.25) is 8.74 Å². The van der Waals surface area contributed by atoms with E-state index in [1.54, 1.807) is 16.2 Å². The minimum absolute atomic E-state index is 0.107. The lowest BCUT2D eigenvalue weighted by molar-refractivity contribution is 0.276. The third kappa shape index (κ3) is 5.04. The Morgan fingerprint density at radius 2 is 2.10 bits per heavy atom. The van der Waals surface area contributed by atoms with E-state index in [0.717, 1.165) is 0 Å². The lowest BCUT2D eigenvalue weighted by Crippen LogP contribution is -2.02. The lowest BCUT2D eigenvalue weighted by atomic mass is 10.1. The number of nitrogens with two attached hydrogens (primary N) is 1. The first-order valence-corrected chi connectivity index (χ1v) is 15.4. The average molecular weight is 659 g/mol. The van der Waals surface area contributed by atoms with Crippen LogP contribution >= 0.6 is 58.7 Å². The van der Waals surface area contributed by atoms with Gasteiger partial charge in [-0.25, -0.2) is 8.78 Å². The van der Waals surface area contributed by atoms with Crippen LogP contribution in [-0.4, -0.2) is 15.3 Å². The van der Waals surface area contributed by atoms with Crippen LogP contribution in [0.15, 0.2) is 47.4 Å². The fourth-order valence-electron chi connectivity index (χ4n) is 2.75. The highest BCUT2D eigenvalue weighted by atomic mass is 127. The van der Waals surface area contributed by atoms with E-state index in [1.165, 1.54) is 45.7 Å². The first-order valence-electron chi connectivity index (χ1n) is 8.04. The first-order chi connectivity index (χ1) is 14.0. The van der Waals surface area contributed by atoms with Gasteiger partial charge in [0.25, 0.3) is 0 Å². The summed E-state index contributed by atoms with van der Waals surface area (Å²) in [5, 5.41) is 10.5. The summed E-state index contributed by atoms with van der Waals surface area (Å²) in [6.45, 7) is -0.414. The summed E-state index contributed by atoms with van der Waals surface area (Å²) < 4.78 is 40.5. The fourth-order valence-corrected chi connectivity index (χ4v) is 4.72. The highest BCUT2D eigenvalue weighted by molar-refractivity contribution is 14.2. The second kappa shape index (κ2) is 10.4. The molecule has 0 spiro atoms. The normalized spacial score (nSPS) is 12.7. The van der Waals surface area contributed by atoms with Crippen LogP contribution in [0.25, 0.3) is 16.6 Å². The van der Waals surface area contributed by atoms with E-state index in [1.807, 2.05) is 0 Å². The Labute approximate surface area is 196 Å². The zero-order valence-corrected chi connectivity index (χ0v) is 20.7. The van der Waals surface area contributed by atoms with Crippen molar-refractivity contribution in [3.05, 3.63) is 65.4 Å². The summed E-state index contributed by atoms with van der Waals surface area (Å²) in [5.41, 5.74) is 7.15. The molecule has 1 unspecified atom stereocenters. The van der Waals surface area contributed by atoms with Gasteiger partial charge in [0, 0.05) is 71.0 Å². The average Bonchev–Trinajstić information content (AvgIpc) is 3.12. The molecule has 0 amide bonds. The van der Waals surface area contributed by atoms with Crippen molar-refractivity contribution < 1.29 is 18.6 Å². The van der Waals surface area contributed by atoms with Gasteiger partial charge in [0.15, 0.2) is 11.6 Å². The second-order valence-corrected chi connectivity index (χ2v) is 9.28. The maximum atomic E-state index is 14.8. The Balaban J connectivity index is 2.03. The lowest BCUT2D eigenvalue weighted by Gasteiger charge is -2.14. The van der Waals surface area contributed by atoms with E-state index in [0.29, 0.717) is 22.8 Å². The van der Waals surface area contributed by atoms with Crippen LogP contribution in [0.1, 0.15) is 11.1 Å². The van der Waals surface area contributed by atoms with E-state index < -0.39 is 18.2 Å². The molecule has 5 nitrogen and oxygen atoms in total. The molecular formula is C18H14F2I2N3O2PS. The summed E-state index contributed by atoms with van der Waals surface area (Å²) in [6.07, 6.45) is 5.10. The molecule has 1 heterocycles. The number of halogens is 4. The molecular weight excluding hydrogens is 645 g/mol. The van der Waals surface area contributed by atoms with Crippen molar-refractivity contribution in [2.24, 2.45) is 10.5 Å². The quantitative estimate of drug-likeness (QED) is 0.176. The number of benzene rings is 2. The number of ether oxygens (including phenoxy) is 1. The van der Waals surface area contributed by atoms with Crippen LogP contribution in [0.3, 0.4) is 0 Å². The van der Waals surface area contributed by atoms with Crippen LogP contribution < -0.4 is 10.5 Å². The number of hydrogen-bond donors (Lipinski definition) is 2. The Kier molecular flexibility index (Phi) is 8.14. The topological polar surface area (TPSA) is 72.8 Å². The van der Waals surface area contributed by atoms with Gasteiger partial charge in [0.05, 0.1) is 18.5 Å². The van der Waals surface area contributed by atoms with E-state index in [-0.39, 0.29) is 22.8 Å². The number of aliphatic hydroxyl groups is 1. The highest BCUT2D eigenvalue weighted by Crippen LogP contribution is 2.37. The van der Waals surface area contributed by atoms with Crippen LogP contribution in [0.5, 0.6) is 11.5 Å². The molecule has 0 bridgehead atoms. The molecule has 3 N–H and O–H groups in total. The monoisotopic (exact) mass is 659 g/mol. The zero-order chi connectivity index (χ0) is 21.0. The maximum Gasteiger partial charge on any atom is 0.169 e. The summed E-state index contributed by atoms with van der Waals surface area (Å²) in [6, 6.07) is 7.08. The largest absolute Gasteiger partial charge is 0.454 e. The molecule has 0 fully saturated rings. The molecule has 1 atom stereocenters. The van der Waals surface area contributed by atoms with Crippen molar-refractivity contribution in [1.29, 1.82) is 0 Å². The molecule has 0 aliphatic carbocycles. The van der Waals surface area contributed by atoms with Crippen LogP contribution in [0, 0.1) is 11.6 Å². The van der Waals surface area contributed by atoms with E-state index >= 15 is 0 Å². The van der Waals surface area contributed by atoms with Gasteiger partial charge in [-0.05, 0) is 52.4 Å². The summed E-state index contributed by atoms with van der Waals surface area (Å²) in [7, 11) is 1.38. The van der Waals surface area contributed by atoms with E-state index in [9.17, 15) is 13.9 Å². The summed E-state index contributed by atoms with van der Waals surface area (Å²) >= 11 is 4.19. The third-order valence-corrected chi connectivity index (χ3v) is 6.87. The SMILES string of the molecule is NC(=CC=NPI)c1cc(Oc2c(F)cc3c(ccn3SI)c2CO)ccc1F. The Bertz CT molecular complexity index is 1110. The first kappa shape index (κ1) is 22.7. The van der Waals surface area contributed by atoms with Crippen LogP contribution in [0.4, 0.5) is 8.78 Å². The molecule has 0 saturated heterocycles. The predicted octanol–water partition coefficient (Wildman–Crippen LogP) is 6.36. The second-order valence-electron chi connectivity index (χ2n) is 5.70. The van der Waals surface area contributed by atoms with Crippen molar-refractivity contribution in [1.82, 2.24) is 3.97 Å². The molecule has 0 saturated carbocycles. The number of aliphatic hydroxyl groups excluding tert-OH is 1. The van der Waals surface area contributed by atoms with Gasteiger partial charge in [0.1, 0.15) is 11.6 Å². The number of rotatable bonds is 7. The van der Waals surface area contributed by atoms with Gasteiger partial charge in [-0.2, -0.15) is 0 Å². The minimum Gasteiger partial charge on any atom is -0.454 e. The predicted molar refractivity (Wildman–Crippen MR) is 134 cm³/mol. The standard InChI is InChI=1S/C18H14F2I2N3O2PS/c19-14-2-1-10(7-12(14)16(23)3-5-24-28-21)27-18-13(9-26)11-4-6-25(29-22)17(11)8-15(18)20/h1-8,26,28H,9,23H2. The summed E-state index contributed by atoms with van der Waals surface area (Å²) in [5.74, 6) is -1.08. The number of nitrogens with zero attached hydrogens (tertiary/aromatic N) is 2. The molecule has 0 radical (unpaired) electrons. The van der Waals surface area contributed by atoms with Crippen molar-refractivity contribution in [3.63, 3.8) is 0 Å². The number of hydrogen-bond acceptors (Lipinski definition) is 5.